The lowest BCUT2D eigenvalue weighted by Gasteiger charge is -2.54. The fourth-order valence-corrected chi connectivity index (χ4v) is 6.50. The van der Waals surface area contributed by atoms with Crippen molar-refractivity contribution in [1.82, 2.24) is 10.6 Å². The topological polar surface area (TPSA) is 24.1 Å². The highest BCUT2D eigenvalue weighted by atomic mass is 19.1. The van der Waals surface area contributed by atoms with Crippen LogP contribution in [0.1, 0.15) is 83.5 Å². The van der Waals surface area contributed by atoms with Gasteiger partial charge in [0, 0.05) is 12.1 Å². The van der Waals surface area contributed by atoms with Gasteiger partial charge in [-0.3, -0.25) is 5.32 Å². The van der Waals surface area contributed by atoms with Gasteiger partial charge in [-0.15, -0.1) is 0 Å². The molecule has 3 heteroatoms. The van der Waals surface area contributed by atoms with Crippen LogP contribution in [0.5, 0.6) is 0 Å². The fraction of sp³-hybridized carbons (Fsp3) is 1.00. The van der Waals surface area contributed by atoms with Gasteiger partial charge < -0.3 is 5.32 Å². The third kappa shape index (κ3) is 3.20. The van der Waals surface area contributed by atoms with E-state index in [1.807, 2.05) is 0 Å². The van der Waals surface area contributed by atoms with Gasteiger partial charge in [0.2, 0.25) is 0 Å². The van der Waals surface area contributed by atoms with Crippen molar-refractivity contribution in [3.05, 3.63) is 0 Å². The highest BCUT2D eigenvalue weighted by Gasteiger charge is 2.49. The molecule has 2 aliphatic carbocycles. The molecule has 23 heavy (non-hydrogen) atoms. The summed E-state index contributed by atoms with van der Waals surface area (Å²) in [5.74, 6) is 1.31. The third-order valence-corrected chi connectivity index (χ3v) is 7.89. The number of nitrogens with one attached hydrogen (secondary N) is 2. The smallest absolute Gasteiger partial charge is 0.151 e. The molecule has 3 unspecified atom stereocenters. The molecule has 0 radical (unpaired) electrons. The molecule has 2 saturated carbocycles. The average molecular weight is 323 g/mol. The van der Waals surface area contributed by atoms with Crippen LogP contribution >= 0.6 is 0 Å². The minimum Gasteiger partial charge on any atom is -0.311 e. The maximum atomic E-state index is 14.1. The highest BCUT2D eigenvalue weighted by molar-refractivity contribution is 5.02. The first-order chi connectivity index (χ1) is 11.2. The Morgan fingerprint density at radius 3 is 2.17 bits per heavy atom. The molecule has 0 aromatic carbocycles. The van der Waals surface area contributed by atoms with Crippen molar-refractivity contribution in [3.63, 3.8) is 0 Å². The van der Waals surface area contributed by atoms with Gasteiger partial charge in [0.25, 0.3) is 0 Å². The number of rotatable bonds is 1. The van der Waals surface area contributed by atoms with Crippen molar-refractivity contribution < 1.29 is 4.39 Å². The second kappa shape index (κ2) is 6.63. The second-order valence-corrected chi connectivity index (χ2v) is 9.13. The maximum absolute atomic E-state index is 14.1. The molecule has 2 saturated heterocycles. The van der Waals surface area contributed by atoms with E-state index in [9.17, 15) is 4.39 Å². The number of hydrogen-bond acceptors (Lipinski definition) is 2. The minimum absolute atomic E-state index is 0.407. The summed E-state index contributed by atoms with van der Waals surface area (Å²) >= 11 is 0. The zero-order valence-corrected chi connectivity index (χ0v) is 14.7. The summed E-state index contributed by atoms with van der Waals surface area (Å²) in [6.07, 6.45) is 16.4. The third-order valence-electron chi connectivity index (χ3n) is 7.89. The number of piperidine rings is 2. The predicted octanol–water partition coefficient (Wildman–Crippen LogP) is 4.54. The average Bonchev–Trinajstić information content (AvgIpc) is 2.60. The van der Waals surface area contributed by atoms with Crippen molar-refractivity contribution in [2.75, 3.05) is 13.1 Å². The van der Waals surface area contributed by atoms with Gasteiger partial charge >= 0.3 is 0 Å². The highest BCUT2D eigenvalue weighted by Crippen LogP contribution is 2.51. The van der Waals surface area contributed by atoms with Gasteiger partial charge in [-0.05, 0) is 68.7 Å². The first-order valence-corrected chi connectivity index (χ1v) is 10.3. The molecule has 2 N–H and O–H groups in total. The van der Waals surface area contributed by atoms with Crippen LogP contribution < -0.4 is 10.6 Å². The maximum Gasteiger partial charge on any atom is 0.151 e. The number of halogens is 1. The van der Waals surface area contributed by atoms with E-state index >= 15 is 0 Å². The normalized spacial score (nSPS) is 40.3. The Morgan fingerprint density at radius 2 is 1.52 bits per heavy atom. The number of hydrogen-bond donors (Lipinski definition) is 2. The van der Waals surface area contributed by atoms with Crippen molar-refractivity contribution in [3.8, 4) is 0 Å². The second-order valence-electron chi connectivity index (χ2n) is 9.13. The fourth-order valence-electron chi connectivity index (χ4n) is 6.50. The van der Waals surface area contributed by atoms with Crippen LogP contribution in [-0.2, 0) is 0 Å². The van der Waals surface area contributed by atoms with Crippen molar-refractivity contribution in [2.45, 2.75) is 95.3 Å². The molecule has 4 rings (SSSR count). The largest absolute Gasteiger partial charge is 0.311 e. The number of alkyl halides is 1. The molecule has 0 bridgehead atoms. The van der Waals surface area contributed by atoms with Gasteiger partial charge in [-0.25, -0.2) is 4.39 Å². The monoisotopic (exact) mass is 322 g/mol. The first kappa shape index (κ1) is 16.3. The molecule has 0 amide bonds. The molecule has 0 aromatic heterocycles. The van der Waals surface area contributed by atoms with E-state index in [4.69, 9.17) is 0 Å². The lowest BCUT2D eigenvalue weighted by molar-refractivity contribution is -0.0333. The van der Waals surface area contributed by atoms with Crippen molar-refractivity contribution in [1.29, 1.82) is 0 Å². The molecule has 2 nitrogen and oxygen atoms in total. The van der Waals surface area contributed by atoms with E-state index in [1.54, 1.807) is 0 Å². The van der Waals surface area contributed by atoms with Crippen LogP contribution in [0.4, 0.5) is 4.39 Å². The van der Waals surface area contributed by atoms with Crippen LogP contribution in [0.2, 0.25) is 0 Å². The van der Waals surface area contributed by atoms with Crippen molar-refractivity contribution in [2.24, 2.45) is 17.3 Å². The SMILES string of the molecule is FC1CC(C2CCC3(CCCCC3)NC2)C2(CCCCC2)CN1. The van der Waals surface area contributed by atoms with Gasteiger partial charge in [-0.2, -0.15) is 0 Å². The Balaban J connectivity index is 1.45. The van der Waals surface area contributed by atoms with Crippen LogP contribution in [0, 0.1) is 17.3 Å². The zero-order chi connectivity index (χ0) is 15.8. The Hall–Kier alpha value is -0.150. The molecule has 0 aromatic rings. The van der Waals surface area contributed by atoms with Gasteiger partial charge in [0.05, 0.1) is 0 Å². The Bertz CT molecular complexity index is 388. The minimum atomic E-state index is -0.766. The standard InChI is InChI=1S/C20H35FN2/c21-18-13-17(19(15-22-18)8-3-1-4-9-19)16-7-12-20(23-14-16)10-5-2-6-11-20/h16-18,22-23H,1-15H2. The molecule has 2 aliphatic heterocycles. The van der Waals surface area contributed by atoms with E-state index in [-0.39, 0.29) is 0 Å². The van der Waals surface area contributed by atoms with Gasteiger partial charge in [0.1, 0.15) is 0 Å². The summed E-state index contributed by atoms with van der Waals surface area (Å²) in [6, 6.07) is 0. The summed E-state index contributed by atoms with van der Waals surface area (Å²) < 4.78 is 14.1. The molecule has 2 heterocycles. The quantitative estimate of drug-likeness (QED) is 0.692. The van der Waals surface area contributed by atoms with Gasteiger partial charge in [-0.1, -0.05) is 38.5 Å². The van der Waals surface area contributed by atoms with Crippen LogP contribution in [0.3, 0.4) is 0 Å². The molecule has 2 spiro atoms. The van der Waals surface area contributed by atoms with E-state index in [0.29, 0.717) is 22.8 Å². The van der Waals surface area contributed by atoms with Crippen LogP contribution in [0.25, 0.3) is 0 Å². The van der Waals surface area contributed by atoms with E-state index in [1.165, 1.54) is 77.0 Å². The molecule has 132 valence electrons. The first-order valence-electron chi connectivity index (χ1n) is 10.3. The van der Waals surface area contributed by atoms with E-state index < -0.39 is 6.30 Å². The van der Waals surface area contributed by atoms with Crippen LogP contribution in [-0.4, -0.2) is 24.9 Å². The van der Waals surface area contributed by atoms with E-state index in [0.717, 1.165) is 19.5 Å². The lowest BCUT2D eigenvalue weighted by atomic mass is 9.57. The Labute approximate surface area is 141 Å². The lowest BCUT2D eigenvalue weighted by Crippen LogP contribution is -2.58. The molecule has 3 atom stereocenters. The summed E-state index contributed by atoms with van der Waals surface area (Å²) in [5, 5.41) is 7.16. The van der Waals surface area contributed by atoms with Crippen LogP contribution in [0.15, 0.2) is 0 Å². The summed E-state index contributed by atoms with van der Waals surface area (Å²) in [7, 11) is 0. The summed E-state index contributed by atoms with van der Waals surface area (Å²) in [5.41, 5.74) is 0.862. The molecule has 4 fully saturated rings. The molecular weight excluding hydrogens is 287 g/mol. The molecule has 4 aliphatic rings. The predicted molar refractivity (Wildman–Crippen MR) is 93.1 cm³/mol. The van der Waals surface area contributed by atoms with Crippen molar-refractivity contribution >= 4 is 0 Å². The Morgan fingerprint density at radius 1 is 0.826 bits per heavy atom. The summed E-state index contributed by atoms with van der Waals surface area (Å²) in [6.45, 7) is 2.08. The Kier molecular flexibility index (Phi) is 4.71. The van der Waals surface area contributed by atoms with E-state index in [2.05, 4.69) is 10.6 Å². The zero-order valence-electron chi connectivity index (χ0n) is 14.7. The molecular formula is C20H35FN2. The van der Waals surface area contributed by atoms with Gasteiger partial charge in [0.15, 0.2) is 6.30 Å². The summed E-state index contributed by atoms with van der Waals surface area (Å²) in [4.78, 5) is 0.